The van der Waals surface area contributed by atoms with Crippen LogP contribution in [0.2, 0.25) is 0 Å². The molecular weight excluding hydrogens is 323 g/mol. The Hall–Kier alpha value is -3.09. The van der Waals surface area contributed by atoms with Crippen LogP contribution in [0.4, 0.5) is 4.39 Å². The van der Waals surface area contributed by atoms with Gasteiger partial charge in [0.25, 0.3) is 5.56 Å². The number of rotatable bonds is 5. The zero-order valence-corrected chi connectivity index (χ0v) is 13.9. The molecule has 0 unspecified atom stereocenters. The van der Waals surface area contributed by atoms with E-state index in [1.54, 1.807) is 30.6 Å². The van der Waals surface area contributed by atoms with Crippen molar-refractivity contribution < 1.29 is 9.13 Å². The molecule has 0 aliphatic carbocycles. The molecule has 0 atom stereocenters. The first-order valence-corrected chi connectivity index (χ1v) is 7.83. The van der Waals surface area contributed by atoms with Gasteiger partial charge in [-0.2, -0.15) is 5.10 Å². The second kappa shape index (κ2) is 7.21. The normalized spacial score (nSPS) is 10.9. The van der Waals surface area contributed by atoms with Gasteiger partial charge in [0.1, 0.15) is 5.82 Å². The van der Waals surface area contributed by atoms with E-state index < -0.39 is 0 Å². The Labute approximate surface area is 144 Å². The molecule has 1 aromatic carbocycles. The fourth-order valence-corrected chi connectivity index (χ4v) is 2.24. The van der Waals surface area contributed by atoms with Crippen LogP contribution in [-0.2, 0) is 6.54 Å². The van der Waals surface area contributed by atoms with Gasteiger partial charge in [0.05, 0.1) is 18.3 Å². The molecule has 3 rings (SSSR count). The van der Waals surface area contributed by atoms with E-state index in [9.17, 15) is 9.18 Å². The van der Waals surface area contributed by atoms with Crippen molar-refractivity contribution in [1.29, 1.82) is 0 Å². The van der Waals surface area contributed by atoms with Crippen LogP contribution in [-0.4, -0.2) is 25.9 Å². The van der Waals surface area contributed by atoms with Crippen LogP contribution in [0.25, 0.3) is 11.3 Å². The van der Waals surface area contributed by atoms with Crippen LogP contribution in [0.5, 0.6) is 6.01 Å². The van der Waals surface area contributed by atoms with E-state index in [-0.39, 0.29) is 30.0 Å². The summed E-state index contributed by atoms with van der Waals surface area (Å²) in [6.45, 7) is 3.96. The summed E-state index contributed by atoms with van der Waals surface area (Å²) in [6, 6.07) is 9.38. The van der Waals surface area contributed by atoms with Crippen molar-refractivity contribution in [3.8, 4) is 17.3 Å². The second-order valence-electron chi connectivity index (χ2n) is 5.77. The first-order chi connectivity index (χ1) is 12.0. The minimum absolute atomic E-state index is 0.0165. The third-order valence-corrected chi connectivity index (χ3v) is 3.35. The second-order valence-corrected chi connectivity index (χ2v) is 5.77. The molecule has 0 amide bonds. The fraction of sp³-hybridized carbons (Fsp3) is 0.222. The maximum Gasteiger partial charge on any atom is 0.316 e. The SMILES string of the molecule is CC(C)Oc1ncc(-c2ccc(=O)n(Cc3cccc(F)c3)n2)cn1. The van der Waals surface area contributed by atoms with Crippen molar-refractivity contribution in [2.75, 3.05) is 0 Å². The first-order valence-electron chi connectivity index (χ1n) is 7.83. The lowest BCUT2D eigenvalue weighted by atomic mass is 10.2. The van der Waals surface area contributed by atoms with Crippen molar-refractivity contribution in [2.45, 2.75) is 26.5 Å². The molecule has 0 spiro atoms. The van der Waals surface area contributed by atoms with Crippen LogP contribution < -0.4 is 10.3 Å². The number of nitrogens with zero attached hydrogens (tertiary/aromatic N) is 4. The fourth-order valence-electron chi connectivity index (χ4n) is 2.24. The number of halogens is 1. The Bertz CT molecular complexity index is 923. The molecule has 0 bridgehead atoms. The molecule has 0 aliphatic rings. The molecule has 0 radical (unpaired) electrons. The molecule has 0 fully saturated rings. The summed E-state index contributed by atoms with van der Waals surface area (Å²) < 4.78 is 20.0. The van der Waals surface area contributed by atoms with Gasteiger partial charge in [-0.05, 0) is 37.6 Å². The van der Waals surface area contributed by atoms with Gasteiger partial charge in [0, 0.05) is 24.0 Å². The summed E-state index contributed by atoms with van der Waals surface area (Å²) in [5.41, 5.74) is 1.59. The monoisotopic (exact) mass is 340 g/mol. The molecule has 0 saturated heterocycles. The van der Waals surface area contributed by atoms with Crippen LogP contribution in [0, 0.1) is 5.82 Å². The highest BCUT2D eigenvalue weighted by atomic mass is 19.1. The van der Waals surface area contributed by atoms with Crippen LogP contribution in [0.3, 0.4) is 0 Å². The Morgan fingerprint density at radius 2 is 1.92 bits per heavy atom. The summed E-state index contributed by atoms with van der Waals surface area (Å²) in [6.07, 6.45) is 3.16. The quantitative estimate of drug-likeness (QED) is 0.714. The Balaban J connectivity index is 1.87. The van der Waals surface area contributed by atoms with E-state index in [1.165, 1.54) is 22.9 Å². The summed E-state index contributed by atoms with van der Waals surface area (Å²) in [4.78, 5) is 20.3. The molecule has 0 aliphatic heterocycles. The van der Waals surface area contributed by atoms with Gasteiger partial charge in [0.15, 0.2) is 0 Å². The summed E-state index contributed by atoms with van der Waals surface area (Å²) >= 11 is 0. The molecule has 6 nitrogen and oxygen atoms in total. The topological polar surface area (TPSA) is 69.9 Å². The maximum atomic E-state index is 13.3. The summed E-state index contributed by atoms with van der Waals surface area (Å²) in [5.74, 6) is -0.351. The van der Waals surface area contributed by atoms with E-state index in [4.69, 9.17) is 4.74 Å². The third kappa shape index (κ3) is 4.26. The third-order valence-electron chi connectivity index (χ3n) is 3.35. The van der Waals surface area contributed by atoms with E-state index in [2.05, 4.69) is 15.1 Å². The lowest BCUT2D eigenvalue weighted by Crippen LogP contribution is -2.22. The smallest absolute Gasteiger partial charge is 0.316 e. The minimum Gasteiger partial charge on any atom is -0.461 e. The van der Waals surface area contributed by atoms with Crippen molar-refractivity contribution in [1.82, 2.24) is 19.7 Å². The molecule has 7 heteroatoms. The number of ether oxygens (including phenoxy) is 1. The van der Waals surface area contributed by atoms with E-state index in [0.29, 0.717) is 16.8 Å². The number of hydrogen-bond donors (Lipinski definition) is 0. The highest BCUT2D eigenvalue weighted by molar-refractivity contribution is 5.55. The molecule has 128 valence electrons. The standard InChI is InChI=1S/C18H17FN4O2/c1-12(2)25-18-20-9-14(10-21-18)16-6-7-17(24)23(22-16)11-13-4-3-5-15(19)8-13/h3-10,12H,11H2,1-2H3. The minimum atomic E-state index is -0.351. The molecule has 25 heavy (non-hydrogen) atoms. The van der Waals surface area contributed by atoms with Crippen LogP contribution in [0.15, 0.2) is 53.6 Å². The number of benzene rings is 1. The van der Waals surface area contributed by atoms with Crippen molar-refractivity contribution >= 4 is 0 Å². The Morgan fingerprint density at radius 3 is 2.60 bits per heavy atom. The van der Waals surface area contributed by atoms with Gasteiger partial charge in [-0.1, -0.05) is 12.1 Å². The molecule has 3 aromatic rings. The zero-order valence-electron chi connectivity index (χ0n) is 13.9. The largest absolute Gasteiger partial charge is 0.461 e. The van der Waals surface area contributed by atoms with Gasteiger partial charge in [-0.15, -0.1) is 0 Å². The summed E-state index contributed by atoms with van der Waals surface area (Å²) in [5, 5.41) is 4.32. The molecule has 0 saturated carbocycles. The maximum absolute atomic E-state index is 13.3. The predicted octanol–water partition coefficient (Wildman–Crippen LogP) is 2.67. The first kappa shape index (κ1) is 16.8. The van der Waals surface area contributed by atoms with Gasteiger partial charge in [0.2, 0.25) is 0 Å². The predicted molar refractivity (Wildman–Crippen MR) is 90.8 cm³/mol. The molecule has 2 aromatic heterocycles. The van der Waals surface area contributed by atoms with Crippen molar-refractivity contribution in [3.63, 3.8) is 0 Å². The average Bonchev–Trinajstić information content (AvgIpc) is 2.57. The van der Waals surface area contributed by atoms with Gasteiger partial charge < -0.3 is 4.74 Å². The highest BCUT2D eigenvalue weighted by Crippen LogP contribution is 2.15. The van der Waals surface area contributed by atoms with E-state index >= 15 is 0 Å². The van der Waals surface area contributed by atoms with Gasteiger partial charge >= 0.3 is 6.01 Å². The molecule has 2 heterocycles. The lowest BCUT2D eigenvalue weighted by molar-refractivity contribution is 0.222. The molecule has 0 N–H and O–H groups in total. The van der Waals surface area contributed by atoms with Gasteiger partial charge in [-0.3, -0.25) is 4.79 Å². The lowest BCUT2D eigenvalue weighted by Gasteiger charge is -2.09. The van der Waals surface area contributed by atoms with E-state index in [1.807, 2.05) is 13.8 Å². The Kier molecular flexibility index (Phi) is 4.83. The zero-order chi connectivity index (χ0) is 17.8. The average molecular weight is 340 g/mol. The number of aromatic nitrogens is 4. The van der Waals surface area contributed by atoms with E-state index in [0.717, 1.165) is 0 Å². The van der Waals surface area contributed by atoms with Crippen LogP contribution >= 0.6 is 0 Å². The van der Waals surface area contributed by atoms with Crippen molar-refractivity contribution in [3.05, 3.63) is 70.5 Å². The highest BCUT2D eigenvalue weighted by Gasteiger charge is 2.07. The molecular formula is C18H17FN4O2. The van der Waals surface area contributed by atoms with Crippen LogP contribution in [0.1, 0.15) is 19.4 Å². The Morgan fingerprint density at radius 1 is 1.16 bits per heavy atom. The number of hydrogen-bond acceptors (Lipinski definition) is 5. The van der Waals surface area contributed by atoms with Crippen molar-refractivity contribution in [2.24, 2.45) is 0 Å². The summed E-state index contributed by atoms with van der Waals surface area (Å²) in [7, 11) is 0. The van der Waals surface area contributed by atoms with Gasteiger partial charge in [-0.25, -0.2) is 19.0 Å².